The molecule has 0 aromatic heterocycles. The Bertz CT molecular complexity index is 709. The quantitative estimate of drug-likeness (QED) is 0.574. The van der Waals surface area contributed by atoms with Crippen LogP contribution in [0, 0.1) is 39.9 Å². The van der Waals surface area contributed by atoms with Gasteiger partial charge in [-0.05, 0) is 53.8 Å². The van der Waals surface area contributed by atoms with Crippen molar-refractivity contribution < 1.29 is 15.3 Å². The monoisotopic (exact) mass is 329 g/mol. The molecule has 9 aliphatic rings. The predicted octanol–water partition coefficient (Wildman–Crippen LogP) is 0.764. The van der Waals surface area contributed by atoms with Gasteiger partial charge in [-0.1, -0.05) is 19.1 Å². The molecule has 0 aromatic rings. The van der Waals surface area contributed by atoms with Gasteiger partial charge in [0.1, 0.15) is 0 Å². The minimum absolute atomic E-state index is 0.0358. The highest BCUT2D eigenvalue weighted by Gasteiger charge is 2.90. The lowest BCUT2D eigenvalue weighted by Gasteiger charge is -2.65. The Morgan fingerprint density at radius 1 is 1.08 bits per heavy atom. The summed E-state index contributed by atoms with van der Waals surface area (Å²) < 4.78 is 0. The van der Waals surface area contributed by atoms with Gasteiger partial charge in [-0.25, -0.2) is 0 Å². The molecular formula is C20H27NO3. The van der Waals surface area contributed by atoms with E-state index in [1.807, 2.05) is 0 Å². The summed E-state index contributed by atoms with van der Waals surface area (Å²) in [4.78, 5) is 2.73. The van der Waals surface area contributed by atoms with Crippen molar-refractivity contribution in [3.05, 3.63) is 12.2 Å². The van der Waals surface area contributed by atoms with Gasteiger partial charge in [0.25, 0.3) is 0 Å². The molecule has 2 spiro atoms. The average molecular weight is 329 g/mol. The molecule has 4 heteroatoms. The molecule has 6 aliphatic carbocycles. The average Bonchev–Trinajstić information content (AvgIpc) is 2.88. The first-order valence-corrected chi connectivity index (χ1v) is 9.83. The van der Waals surface area contributed by atoms with E-state index in [0.29, 0.717) is 18.0 Å². The van der Waals surface area contributed by atoms with Crippen LogP contribution >= 0.6 is 0 Å². The van der Waals surface area contributed by atoms with Crippen LogP contribution in [0.25, 0.3) is 0 Å². The number of piperidine rings is 2. The predicted molar refractivity (Wildman–Crippen MR) is 86.8 cm³/mol. The Morgan fingerprint density at radius 3 is 2.67 bits per heavy atom. The summed E-state index contributed by atoms with van der Waals surface area (Å²) in [6.07, 6.45) is 2.76. The summed E-state index contributed by atoms with van der Waals surface area (Å²) in [5.74, 6) is 1.02. The molecule has 9 bridgehead atoms. The number of nitrogens with zero attached hydrogens (tertiary/aromatic N) is 1. The molecule has 3 saturated heterocycles. The van der Waals surface area contributed by atoms with E-state index in [9.17, 15) is 15.3 Å². The summed E-state index contributed by atoms with van der Waals surface area (Å²) in [5.41, 5.74) is 1.37. The molecule has 24 heavy (non-hydrogen) atoms. The lowest BCUT2D eigenvalue weighted by Crippen LogP contribution is -2.67. The number of aliphatic hydroxyl groups is 3. The van der Waals surface area contributed by atoms with Crippen LogP contribution in [0.4, 0.5) is 0 Å². The van der Waals surface area contributed by atoms with Crippen LogP contribution in [0.15, 0.2) is 12.2 Å². The molecule has 130 valence electrons. The Hall–Kier alpha value is -0.420. The second-order valence-electron chi connectivity index (χ2n) is 10.8. The molecule has 3 aliphatic heterocycles. The van der Waals surface area contributed by atoms with Gasteiger partial charge in [-0.2, -0.15) is 0 Å². The zero-order chi connectivity index (χ0) is 16.4. The van der Waals surface area contributed by atoms with Crippen molar-refractivity contribution in [2.24, 2.45) is 39.9 Å². The maximum Gasteiger partial charge on any atom is 0.0679 e. The first-order chi connectivity index (χ1) is 11.4. The second kappa shape index (κ2) is 3.40. The molecule has 9 rings (SSSR count). The van der Waals surface area contributed by atoms with Gasteiger partial charge < -0.3 is 15.3 Å². The zero-order valence-corrected chi connectivity index (χ0v) is 14.2. The lowest BCUT2D eigenvalue weighted by atomic mass is 9.39. The molecule has 1 unspecified atom stereocenters. The van der Waals surface area contributed by atoms with Crippen molar-refractivity contribution in [1.29, 1.82) is 0 Å². The Balaban J connectivity index is 1.54. The number of hydrogen-bond acceptors (Lipinski definition) is 4. The van der Waals surface area contributed by atoms with Crippen molar-refractivity contribution in [3.8, 4) is 0 Å². The highest BCUT2D eigenvalue weighted by atomic mass is 16.3. The molecule has 6 saturated carbocycles. The first-order valence-electron chi connectivity index (χ1n) is 9.83. The topological polar surface area (TPSA) is 63.9 Å². The third kappa shape index (κ3) is 0.980. The van der Waals surface area contributed by atoms with Crippen LogP contribution in [0.3, 0.4) is 0 Å². The standard InChI is InChI=1S/C20H27NO3/c1-8-3-19-6-10-15-18(2)4-9(22)5-20(15)16(19)14(24)11(8)13(23)12(19)17(20)21(10)7-18/h9-17,22-24H,1,3-7H2,2H3/t9-,10-,11-,12+,13-,14+,15+,16+,17-,18-,19-,20-/m0/s1. The van der Waals surface area contributed by atoms with Gasteiger partial charge in [0.05, 0.1) is 18.3 Å². The number of rotatable bonds is 0. The van der Waals surface area contributed by atoms with Crippen LogP contribution in [0.5, 0.6) is 0 Å². The normalized spacial score (nSPS) is 76.1. The smallest absolute Gasteiger partial charge is 0.0679 e. The van der Waals surface area contributed by atoms with E-state index < -0.39 is 12.2 Å². The number of hydrogen-bond donors (Lipinski definition) is 3. The largest absolute Gasteiger partial charge is 0.393 e. The zero-order valence-electron chi connectivity index (χ0n) is 14.2. The van der Waals surface area contributed by atoms with Crippen molar-refractivity contribution in [1.82, 2.24) is 4.90 Å². The highest BCUT2D eigenvalue weighted by molar-refractivity contribution is 5.43. The summed E-state index contributed by atoms with van der Waals surface area (Å²) in [5, 5.41) is 33.3. The first kappa shape index (κ1) is 13.7. The summed E-state index contributed by atoms with van der Waals surface area (Å²) in [6, 6.07) is 0.999. The van der Waals surface area contributed by atoms with E-state index in [2.05, 4.69) is 18.4 Å². The molecule has 3 N–H and O–H groups in total. The lowest BCUT2D eigenvalue weighted by molar-refractivity contribution is -0.213. The molecule has 0 aromatic carbocycles. The fourth-order valence-corrected chi connectivity index (χ4v) is 10.7. The van der Waals surface area contributed by atoms with Gasteiger partial charge in [-0.15, -0.1) is 0 Å². The van der Waals surface area contributed by atoms with Crippen LogP contribution in [0.1, 0.15) is 32.6 Å². The molecule has 13 atom stereocenters. The molecule has 4 nitrogen and oxygen atoms in total. The fraction of sp³-hybridized carbons (Fsp3) is 0.900. The van der Waals surface area contributed by atoms with Crippen LogP contribution in [0.2, 0.25) is 0 Å². The molecule has 0 radical (unpaired) electrons. The Labute approximate surface area is 142 Å². The molecule has 0 amide bonds. The van der Waals surface area contributed by atoms with Crippen LogP contribution < -0.4 is 0 Å². The number of aliphatic hydroxyl groups excluding tert-OH is 3. The minimum atomic E-state index is -0.460. The maximum absolute atomic E-state index is 11.3. The van der Waals surface area contributed by atoms with E-state index in [-0.39, 0.29) is 40.1 Å². The van der Waals surface area contributed by atoms with Gasteiger partial charge in [0.2, 0.25) is 0 Å². The minimum Gasteiger partial charge on any atom is -0.393 e. The van der Waals surface area contributed by atoms with E-state index in [1.165, 1.54) is 0 Å². The SMILES string of the molecule is C=C1C[C@]23C[C@H]4[C@@H]5[C@@]6(C)C[C@H](O)C[C@]57[C@H]([C@H]2[C@@H](O)[C@H]1[C@@H](O)[C@H]37)N4C6. The van der Waals surface area contributed by atoms with E-state index in [4.69, 9.17) is 0 Å². The van der Waals surface area contributed by atoms with Crippen molar-refractivity contribution in [2.45, 2.75) is 63.0 Å². The van der Waals surface area contributed by atoms with E-state index >= 15 is 0 Å². The van der Waals surface area contributed by atoms with Gasteiger partial charge >= 0.3 is 0 Å². The highest BCUT2D eigenvalue weighted by Crippen LogP contribution is 2.86. The van der Waals surface area contributed by atoms with Gasteiger partial charge in [-0.3, -0.25) is 4.90 Å². The van der Waals surface area contributed by atoms with E-state index in [0.717, 1.165) is 37.8 Å². The fourth-order valence-electron chi connectivity index (χ4n) is 10.7. The Kier molecular flexibility index (Phi) is 1.95. The van der Waals surface area contributed by atoms with Gasteiger partial charge in [0, 0.05) is 30.5 Å². The van der Waals surface area contributed by atoms with Crippen molar-refractivity contribution in [3.63, 3.8) is 0 Å². The number of fused-ring (bicyclic) bond motifs is 1. The van der Waals surface area contributed by atoms with Crippen molar-refractivity contribution in [2.75, 3.05) is 6.54 Å². The molecule has 9 fully saturated rings. The van der Waals surface area contributed by atoms with Crippen molar-refractivity contribution >= 4 is 0 Å². The maximum atomic E-state index is 11.3. The molecule has 3 heterocycles. The third-order valence-electron chi connectivity index (χ3n) is 10.1. The third-order valence-corrected chi connectivity index (χ3v) is 10.1. The van der Waals surface area contributed by atoms with Crippen LogP contribution in [-0.4, -0.2) is 57.2 Å². The summed E-state index contributed by atoms with van der Waals surface area (Å²) in [6.45, 7) is 7.72. The van der Waals surface area contributed by atoms with E-state index in [1.54, 1.807) is 0 Å². The molecular weight excluding hydrogens is 302 g/mol. The summed E-state index contributed by atoms with van der Waals surface area (Å²) in [7, 11) is 0. The second-order valence-corrected chi connectivity index (χ2v) is 10.8. The van der Waals surface area contributed by atoms with Gasteiger partial charge in [0.15, 0.2) is 0 Å². The van der Waals surface area contributed by atoms with Crippen LogP contribution in [-0.2, 0) is 0 Å². The summed E-state index contributed by atoms with van der Waals surface area (Å²) >= 11 is 0. The Morgan fingerprint density at radius 2 is 1.88 bits per heavy atom.